The van der Waals surface area contributed by atoms with E-state index in [0.29, 0.717) is 11.7 Å². The van der Waals surface area contributed by atoms with Crippen molar-refractivity contribution in [2.24, 2.45) is 5.73 Å². The summed E-state index contributed by atoms with van der Waals surface area (Å²) in [5.41, 5.74) is 5.72. The zero-order valence-corrected chi connectivity index (χ0v) is 8.15. The standard InChI is InChI=1S/C8H15N3O2/c1-4-6(9)7-10-8(13-11-7)5(2)12-3/h5-6H,4,9H2,1-3H3. The highest BCUT2D eigenvalue weighted by Gasteiger charge is 2.16. The van der Waals surface area contributed by atoms with Gasteiger partial charge in [0.25, 0.3) is 5.89 Å². The molecule has 1 aromatic heterocycles. The van der Waals surface area contributed by atoms with Gasteiger partial charge in [0.15, 0.2) is 5.82 Å². The first kappa shape index (κ1) is 10.1. The fraction of sp³-hybridized carbons (Fsp3) is 0.750. The van der Waals surface area contributed by atoms with Crippen LogP contribution < -0.4 is 5.73 Å². The predicted octanol–water partition coefficient (Wildman–Crippen LogP) is 1.19. The lowest BCUT2D eigenvalue weighted by molar-refractivity contribution is 0.0886. The van der Waals surface area contributed by atoms with E-state index < -0.39 is 0 Å². The van der Waals surface area contributed by atoms with E-state index in [1.165, 1.54) is 0 Å². The average molecular weight is 185 g/mol. The van der Waals surface area contributed by atoms with E-state index in [-0.39, 0.29) is 12.1 Å². The highest BCUT2D eigenvalue weighted by Crippen LogP contribution is 2.16. The Hall–Kier alpha value is -0.940. The van der Waals surface area contributed by atoms with Gasteiger partial charge in [-0.1, -0.05) is 12.1 Å². The first-order chi connectivity index (χ1) is 6.19. The lowest BCUT2D eigenvalue weighted by Crippen LogP contribution is -2.10. The minimum atomic E-state index is -0.176. The van der Waals surface area contributed by atoms with Crippen molar-refractivity contribution >= 4 is 0 Å². The first-order valence-corrected chi connectivity index (χ1v) is 4.30. The first-order valence-electron chi connectivity index (χ1n) is 4.30. The summed E-state index contributed by atoms with van der Waals surface area (Å²) in [5, 5.41) is 3.76. The van der Waals surface area contributed by atoms with Gasteiger partial charge in [-0.3, -0.25) is 0 Å². The molecule has 2 unspecified atom stereocenters. The molecule has 1 rings (SSSR count). The molecule has 0 radical (unpaired) electrons. The molecular weight excluding hydrogens is 170 g/mol. The van der Waals surface area contributed by atoms with E-state index in [0.717, 1.165) is 6.42 Å². The third-order valence-electron chi connectivity index (χ3n) is 1.93. The topological polar surface area (TPSA) is 74.2 Å². The lowest BCUT2D eigenvalue weighted by atomic mass is 10.2. The van der Waals surface area contributed by atoms with Crippen LogP contribution in [0.2, 0.25) is 0 Å². The molecule has 0 aliphatic rings. The molecule has 2 atom stereocenters. The van der Waals surface area contributed by atoms with Gasteiger partial charge in [0.1, 0.15) is 6.10 Å². The third-order valence-corrected chi connectivity index (χ3v) is 1.93. The van der Waals surface area contributed by atoms with Gasteiger partial charge < -0.3 is 15.0 Å². The highest BCUT2D eigenvalue weighted by molar-refractivity contribution is 4.93. The molecule has 0 saturated carbocycles. The number of hydrogen-bond acceptors (Lipinski definition) is 5. The summed E-state index contributed by atoms with van der Waals surface area (Å²) in [4.78, 5) is 4.12. The molecule has 0 aliphatic heterocycles. The summed E-state index contributed by atoms with van der Waals surface area (Å²) >= 11 is 0. The van der Waals surface area contributed by atoms with Gasteiger partial charge in [0.2, 0.25) is 0 Å². The molecule has 1 aromatic rings. The summed E-state index contributed by atoms with van der Waals surface area (Å²) in [6.45, 7) is 3.81. The molecule has 5 nitrogen and oxygen atoms in total. The SMILES string of the molecule is CCC(N)c1noc(C(C)OC)n1. The molecule has 2 N–H and O–H groups in total. The van der Waals surface area contributed by atoms with Crippen LogP contribution in [-0.2, 0) is 4.74 Å². The van der Waals surface area contributed by atoms with Crippen molar-refractivity contribution in [1.29, 1.82) is 0 Å². The highest BCUT2D eigenvalue weighted by atomic mass is 16.5. The van der Waals surface area contributed by atoms with Crippen molar-refractivity contribution in [3.05, 3.63) is 11.7 Å². The number of nitrogens with two attached hydrogens (primary N) is 1. The van der Waals surface area contributed by atoms with E-state index in [9.17, 15) is 0 Å². The molecule has 0 aromatic carbocycles. The molecule has 0 bridgehead atoms. The Morgan fingerprint density at radius 1 is 1.62 bits per heavy atom. The quantitative estimate of drug-likeness (QED) is 0.762. The second-order valence-corrected chi connectivity index (χ2v) is 2.88. The number of nitrogens with zero attached hydrogens (tertiary/aromatic N) is 2. The Kier molecular flexibility index (Phi) is 3.39. The number of aromatic nitrogens is 2. The lowest BCUT2D eigenvalue weighted by Gasteiger charge is -2.02. The second-order valence-electron chi connectivity index (χ2n) is 2.88. The molecule has 0 aliphatic carbocycles. The Labute approximate surface area is 77.3 Å². The van der Waals surface area contributed by atoms with Crippen LogP contribution in [0, 0.1) is 0 Å². The normalized spacial score (nSPS) is 15.7. The average Bonchev–Trinajstić information content (AvgIpc) is 2.64. The minimum absolute atomic E-state index is 0.151. The van der Waals surface area contributed by atoms with Crippen molar-refractivity contribution in [3.63, 3.8) is 0 Å². The maximum absolute atomic E-state index is 5.72. The molecule has 5 heteroatoms. The third kappa shape index (κ3) is 2.26. The summed E-state index contributed by atoms with van der Waals surface area (Å²) in [5.74, 6) is 1.02. The van der Waals surface area contributed by atoms with Crippen LogP contribution in [0.1, 0.15) is 44.1 Å². The van der Waals surface area contributed by atoms with Gasteiger partial charge in [-0.15, -0.1) is 0 Å². The Balaban J connectivity index is 2.74. The van der Waals surface area contributed by atoms with E-state index >= 15 is 0 Å². The van der Waals surface area contributed by atoms with Crippen molar-refractivity contribution in [1.82, 2.24) is 10.1 Å². The van der Waals surface area contributed by atoms with Gasteiger partial charge in [-0.05, 0) is 13.3 Å². The molecule has 13 heavy (non-hydrogen) atoms. The predicted molar refractivity (Wildman–Crippen MR) is 46.9 cm³/mol. The Morgan fingerprint density at radius 2 is 2.31 bits per heavy atom. The maximum atomic E-state index is 5.72. The molecular formula is C8H15N3O2. The van der Waals surface area contributed by atoms with Crippen LogP contribution in [-0.4, -0.2) is 17.3 Å². The monoisotopic (exact) mass is 185 g/mol. The summed E-state index contributed by atoms with van der Waals surface area (Å²) in [6.07, 6.45) is 0.616. The summed E-state index contributed by atoms with van der Waals surface area (Å²) in [7, 11) is 1.59. The smallest absolute Gasteiger partial charge is 0.255 e. The molecule has 0 saturated heterocycles. The molecule has 0 fully saturated rings. The van der Waals surface area contributed by atoms with Gasteiger partial charge in [-0.2, -0.15) is 4.98 Å². The second kappa shape index (κ2) is 4.34. The number of rotatable bonds is 4. The van der Waals surface area contributed by atoms with E-state index in [1.807, 2.05) is 13.8 Å². The van der Waals surface area contributed by atoms with Crippen molar-refractivity contribution in [2.45, 2.75) is 32.4 Å². The van der Waals surface area contributed by atoms with Crippen LogP contribution in [0.5, 0.6) is 0 Å². The van der Waals surface area contributed by atoms with Crippen LogP contribution >= 0.6 is 0 Å². The number of ether oxygens (including phenoxy) is 1. The fourth-order valence-corrected chi connectivity index (χ4v) is 0.846. The zero-order valence-electron chi connectivity index (χ0n) is 8.15. The van der Waals surface area contributed by atoms with Crippen LogP contribution in [0.3, 0.4) is 0 Å². The van der Waals surface area contributed by atoms with E-state index in [4.69, 9.17) is 15.0 Å². The Morgan fingerprint density at radius 3 is 2.85 bits per heavy atom. The van der Waals surface area contributed by atoms with Crippen LogP contribution in [0.25, 0.3) is 0 Å². The fourth-order valence-electron chi connectivity index (χ4n) is 0.846. The summed E-state index contributed by atoms with van der Waals surface area (Å²) in [6, 6.07) is -0.151. The molecule has 1 heterocycles. The van der Waals surface area contributed by atoms with E-state index in [2.05, 4.69) is 10.1 Å². The van der Waals surface area contributed by atoms with E-state index in [1.54, 1.807) is 7.11 Å². The molecule has 0 spiro atoms. The maximum Gasteiger partial charge on any atom is 0.255 e. The van der Waals surface area contributed by atoms with Crippen molar-refractivity contribution in [3.8, 4) is 0 Å². The van der Waals surface area contributed by atoms with Crippen LogP contribution in [0.15, 0.2) is 4.52 Å². The molecule has 0 amide bonds. The van der Waals surface area contributed by atoms with Gasteiger partial charge in [-0.25, -0.2) is 0 Å². The van der Waals surface area contributed by atoms with Gasteiger partial charge in [0, 0.05) is 7.11 Å². The Bertz CT molecular complexity index is 237. The van der Waals surface area contributed by atoms with Crippen molar-refractivity contribution < 1.29 is 9.26 Å². The van der Waals surface area contributed by atoms with Crippen LogP contribution in [0.4, 0.5) is 0 Å². The zero-order chi connectivity index (χ0) is 9.84. The van der Waals surface area contributed by atoms with Crippen molar-refractivity contribution in [2.75, 3.05) is 7.11 Å². The number of hydrogen-bond donors (Lipinski definition) is 1. The minimum Gasteiger partial charge on any atom is -0.372 e. The largest absolute Gasteiger partial charge is 0.372 e. The van der Waals surface area contributed by atoms with Gasteiger partial charge in [0.05, 0.1) is 6.04 Å². The van der Waals surface area contributed by atoms with Gasteiger partial charge >= 0.3 is 0 Å². The number of methoxy groups -OCH3 is 1. The summed E-state index contributed by atoms with van der Waals surface area (Å²) < 4.78 is 10.0. The molecule has 74 valence electrons.